The number of nitrogens with zero attached hydrogens (tertiary/aromatic N) is 1. The van der Waals surface area contributed by atoms with Crippen molar-refractivity contribution >= 4 is 14.0 Å². The molecule has 156 valence electrons. The van der Waals surface area contributed by atoms with Crippen LogP contribution >= 0.6 is 0 Å². The van der Waals surface area contributed by atoms with E-state index < -0.39 is 13.7 Å². The van der Waals surface area contributed by atoms with Gasteiger partial charge in [-0.25, -0.2) is 0 Å². The molecule has 2 aromatic carbocycles. The van der Waals surface area contributed by atoms with E-state index in [-0.39, 0.29) is 17.5 Å². The molecular formula is C25H35NO2Si. The largest absolute Gasteiger partial charge is 0.378 e. The van der Waals surface area contributed by atoms with Gasteiger partial charge >= 0.3 is 0 Å². The molecule has 1 fully saturated rings. The fourth-order valence-electron chi connectivity index (χ4n) is 5.24. The number of hydrogen-bond acceptors (Lipinski definition) is 2. The molecule has 1 saturated heterocycles. The van der Waals surface area contributed by atoms with Crippen LogP contribution in [0.25, 0.3) is 0 Å². The van der Waals surface area contributed by atoms with E-state index in [4.69, 9.17) is 0 Å². The molecule has 1 aliphatic heterocycles. The van der Waals surface area contributed by atoms with Gasteiger partial charge in [0.2, 0.25) is 5.91 Å². The van der Waals surface area contributed by atoms with Gasteiger partial charge in [0.1, 0.15) is 5.60 Å². The van der Waals surface area contributed by atoms with E-state index in [1.54, 1.807) is 0 Å². The Labute approximate surface area is 176 Å². The second-order valence-electron chi connectivity index (χ2n) is 9.78. The number of likely N-dealkylation sites (tertiary alicyclic amines) is 1. The first-order chi connectivity index (χ1) is 13.7. The van der Waals surface area contributed by atoms with E-state index in [1.807, 2.05) is 65.6 Å². The molecule has 4 heteroatoms. The summed E-state index contributed by atoms with van der Waals surface area (Å²) in [6.07, 6.45) is 1.73. The van der Waals surface area contributed by atoms with Crippen LogP contribution in [0.15, 0.2) is 60.7 Å². The SMILES string of the molecule is CC(C)[C@@H](C(=O)N1CCC[C@H]1C(O)(c1ccccc1)c1ccccc1)[Si](C)(C)C. The molecule has 3 nitrogen and oxygen atoms in total. The third kappa shape index (κ3) is 4.19. The fraction of sp³-hybridized carbons (Fsp3) is 0.480. The monoisotopic (exact) mass is 409 g/mol. The fourth-order valence-corrected chi connectivity index (χ4v) is 8.14. The molecule has 3 rings (SSSR count). The van der Waals surface area contributed by atoms with Crippen LogP contribution in [0, 0.1) is 5.92 Å². The van der Waals surface area contributed by atoms with Gasteiger partial charge in [0.15, 0.2) is 0 Å². The Bertz CT molecular complexity index is 774. The highest BCUT2D eigenvalue weighted by Gasteiger charge is 2.49. The molecule has 0 radical (unpaired) electrons. The van der Waals surface area contributed by atoms with Gasteiger partial charge in [-0.2, -0.15) is 0 Å². The van der Waals surface area contributed by atoms with Crippen molar-refractivity contribution in [2.75, 3.05) is 6.54 Å². The summed E-state index contributed by atoms with van der Waals surface area (Å²) in [5.41, 5.74) is 0.546. The van der Waals surface area contributed by atoms with Crippen molar-refractivity contribution in [3.05, 3.63) is 71.8 Å². The zero-order valence-electron chi connectivity index (χ0n) is 18.4. The topological polar surface area (TPSA) is 40.5 Å². The molecule has 1 N–H and O–H groups in total. The van der Waals surface area contributed by atoms with Crippen LogP contribution in [0.2, 0.25) is 25.2 Å². The summed E-state index contributed by atoms with van der Waals surface area (Å²) >= 11 is 0. The van der Waals surface area contributed by atoms with Gasteiger partial charge in [-0.05, 0) is 29.9 Å². The first-order valence-corrected chi connectivity index (χ1v) is 14.4. The zero-order valence-corrected chi connectivity index (χ0v) is 19.4. The summed E-state index contributed by atoms with van der Waals surface area (Å²) < 4.78 is 0. The number of aliphatic hydroxyl groups is 1. The first-order valence-electron chi connectivity index (χ1n) is 10.8. The lowest BCUT2D eigenvalue weighted by atomic mass is 9.79. The smallest absolute Gasteiger partial charge is 0.223 e. The molecular weight excluding hydrogens is 374 g/mol. The summed E-state index contributed by atoms with van der Waals surface area (Å²) in [6.45, 7) is 11.9. The highest BCUT2D eigenvalue weighted by atomic mass is 28.3. The van der Waals surface area contributed by atoms with Crippen LogP contribution in [0.3, 0.4) is 0 Å². The maximum absolute atomic E-state index is 13.8. The molecule has 0 saturated carbocycles. The number of carbonyl (C=O) groups is 1. The van der Waals surface area contributed by atoms with Crippen LogP contribution < -0.4 is 0 Å². The zero-order chi connectivity index (χ0) is 21.2. The summed E-state index contributed by atoms with van der Waals surface area (Å²) in [5.74, 6) is 0.531. The lowest BCUT2D eigenvalue weighted by Gasteiger charge is -2.43. The molecule has 1 amide bonds. The average molecular weight is 410 g/mol. The van der Waals surface area contributed by atoms with Crippen molar-refractivity contribution in [1.29, 1.82) is 0 Å². The average Bonchev–Trinajstić information content (AvgIpc) is 3.18. The predicted octanol–water partition coefficient (Wildman–Crippen LogP) is 5.28. The van der Waals surface area contributed by atoms with E-state index in [9.17, 15) is 9.90 Å². The third-order valence-electron chi connectivity index (χ3n) is 6.31. The van der Waals surface area contributed by atoms with Gasteiger partial charge in [-0.1, -0.05) is 94.2 Å². The second kappa shape index (κ2) is 8.45. The maximum Gasteiger partial charge on any atom is 0.223 e. The van der Waals surface area contributed by atoms with E-state index in [1.165, 1.54) is 0 Å². The van der Waals surface area contributed by atoms with E-state index in [0.29, 0.717) is 5.92 Å². The summed E-state index contributed by atoms with van der Waals surface area (Å²) in [4.78, 5) is 15.8. The van der Waals surface area contributed by atoms with Crippen molar-refractivity contribution in [3.8, 4) is 0 Å². The van der Waals surface area contributed by atoms with E-state index in [2.05, 4.69) is 33.5 Å². The van der Waals surface area contributed by atoms with Crippen LogP contribution in [0.5, 0.6) is 0 Å². The van der Waals surface area contributed by atoms with Gasteiger partial charge in [0, 0.05) is 12.1 Å². The number of amides is 1. The van der Waals surface area contributed by atoms with Gasteiger partial charge in [0.25, 0.3) is 0 Å². The molecule has 0 aromatic heterocycles. The van der Waals surface area contributed by atoms with Gasteiger partial charge in [-0.3, -0.25) is 4.79 Å². The van der Waals surface area contributed by atoms with Crippen LogP contribution in [0.4, 0.5) is 0 Å². The predicted molar refractivity (Wildman–Crippen MR) is 123 cm³/mol. The molecule has 0 bridgehead atoms. The lowest BCUT2D eigenvalue weighted by molar-refractivity contribution is -0.137. The number of benzene rings is 2. The minimum absolute atomic E-state index is 0.0545. The maximum atomic E-state index is 13.8. The molecule has 0 unspecified atom stereocenters. The van der Waals surface area contributed by atoms with Crippen molar-refractivity contribution in [1.82, 2.24) is 4.90 Å². The standard InChI is InChI=1S/C25H35NO2Si/c1-19(2)23(29(3,4)5)24(27)26-18-12-17-22(26)25(28,20-13-8-6-9-14-20)21-15-10-7-11-16-21/h6-11,13-16,19,22-23,28H,12,17-18H2,1-5H3/t22-,23-/m0/s1. The Morgan fingerprint density at radius 1 is 1.00 bits per heavy atom. The first kappa shape index (κ1) is 21.8. The Balaban J connectivity index is 2.08. The highest BCUT2D eigenvalue weighted by molar-refractivity contribution is 6.80. The molecule has 0 spiro atoms. The number of hydrogen-bond donors (Lipinski definition) is 1. The molecule has 29 heavy (non-hydrogen) atoms. The second-order valence-corrected chi connectivity index (χ2v) is 15.1. The number of carbonyl (C=O) groups excluding carboxylic acids is 1. The molecule has 0 aliphatic carbocycles. The van der Waals surface area contributed by atoms with Crippen molar-refractivity contribution in [3.63, 3.8) is 0 Å². The van der Waals surface area contributed by atoms with Crippen LogP contribution in [-0.4, -0.2) is 36.6 Å². The quantitative estimate of drug-likeness (QED) is 0.660. The van der Waals surface area contributed by atoms with Crippen molar-refractivity contribution in [2.24, 2.45) is 5.92 Å². The number of rotatable bonds is 6. The Hall–Kier alpha value is -1.91. The summed E-state index contributed by atoms with van der Waals surface area (Å²) in [7, 11) is -1.70. The normalized spacial score (nSPS) is 18.9. The van der Waals surface area contributed by atoms with E-state index in [0.717, 1.165) is 30.5 Å². The van der Waals surface area contributed by atoms with Crippen molar-refractivity contribution in [2.45, 2.75) is 63.5 Å². The third-order valence-corrected chi connectivity index (χ3v) is 9.09. The Morgan fingerprint density at radius 2 is 1.48 bits per heavy atom. The molecule has 1 aliphatic rings. The van der Waals surface area contributed by atoms with Crippen molar-refractivity contribution < 1.29 is 9.90 Å². The summed E-state index contributed by atoms with van der Waals surface area (Å²) in [6, 6.07) is 19.4. The molecule has 1 heterocycles. The molecule has 2 aromatic rings. The Kier molecular flexibility index (Phi) is 6.35. The van der Waals surface area contributed by atoms with Gasteiger partial charge in [-0.15, -0.1) is 0 Å². The summed E-state index contributed by atoms with van der Waals surface area (Å²) in [5, 5.41) is 12.2. The lowest BCUT2D eigenvalue weighted by Crippen LogP contribution is -2.54. The van der Waals surface area contributed by atoms with Crippen LogP contribution in [0.1, 0.15) is 37.8 Å². The molecule has 2 atom stereocenters. The van der Waals surface area contributed by atoms with Gasteiger partial charge in [0.05, 0.1) is 14.1 Å². The van der Waals surface area contributed by atoms with Crippen LogP contribution in [-0.2, 0) is 10.4 Å². The highest BCUT2D eigenvalue weighted by Crippen LogP contribution is 2.43. The van der Waals surface area contributed by atoms with E-state index >= 15 is 0 Å². The Morgan fingerprint density at radius 3 is 1.90 bits per heavy atom. The minimum atomic E-state index is -1.70. The minimum Gasteiger partial charge on any atom is -0.378 e. The van der Waals surface area contributed by atoms with Gasteiger partial charge < -0.3 is 10.0 Å².